The van der Waals surface area contributed by atoms with Gasteiger partial charge in [0.25, 0.3) is 5.91 Å². The Morgan fingerprint density at radius 1 is 1.25 bits per heavy atom. The van der Waals surface area contributed by atoms with Crippen LogP contribution in [0.25, 0.3) is 0 Å². The van der Waals surface area contributed by atoms with E-state index in [1.807, 2.05) is 25.1 Å². The SMILES string of the molecule is Cc1cc(C2(c3cncc(N(C)C)c3)N=C(N)N(C)C2=O)ccc1OC(C)F. The van der Waals surface area contributed by atoms with Crippen LogP contribution in [0.2, 0.25) is 0 Å². The summed E-state index contributed by atoms with van der Waals surface area (Å²) < 4.78 is 18.4. The molecule has 1 aromatic heterocycles. The first kappa shape index (κ1) is 19.6. The number of nitrogens with zero attached hydrogens (tertiary/aromatic N) is 4. The summed E-state index contributed by atoms with van der Waals surface area (Å²) >= 11 is 0. The van der Waals surface area contributed by atoms with Crippen LogP contribution in [-0.2, 0) is 10.3 Å². The summed E-state index contributed by atoms with van der Waals surface area (Å²) in [7, 11) is 5.37. The van der Waals surface area contributed by atoms with Gasteiger partial charge in [0.2, 0.25) is 6.36 Å². The molecule has 0 bridgehead atoms. The van der Waals surface area contributed by atoms with E-state index >= 15 is 0 Å². The van der Waals surface area contributed by atoms with Crippen molar-refractivity contribution < 1.29 is 13.9 Å². The number of ether oxygens (including phenoxy) is 1. The van der Waals surface area contributed by atoms with Gasteiger partial charge in [0, 0.05) is 39.8 Å². The van der Waals surface area contributed by atoms with Crippen molar-refractivity contribution in [2.75, 3.05) is 26.0 Å². The third-order valence-electron chi connectivity index (χ3n) is 4.78. The summed E-state index contributed by atoms with van der Waals surface area (Å²) in [5, 5.41) is 0. The van der Waals surface area contributed by atoms with E-state index in [4.69, 9.17) is 10.5 Å². The smallest absolute Gasteiger partial charge is 0.266 e. The molecule has 0 aliphatic carbocycles. The molecule has 2 heterocycles. The fourth-order valence-electron chi connectivity index (χ4n) is 3.24. The fraction of sp³-hybridized carbons (Fsp3) is 0.350. The average Bonchev–Trinajstić information content (AvgIpc) is 2.88. The molecular formula is C20H24FN5O2. The molecule has 1 aliphatic heterocycles. The number of carbonyl (C=O) groups excluding carboxylic acids is 1. The molecule has 0 radical (unpaired) electrons. The number of likely N-dealkylation sites (N-methyl/N-ethyl adjacent to an activating group) is 1. The minimum Gasteiger partial charge on any atom is -0.460 e. The third-order valence-corrected chi connectivity index (χ3v) is 4.78. The second-order valence-corrected chi connectivity index (χ2v) is 7.01. The first-order valence-corrected chi connectivity index (χ1v) is 8.85. The lowest BCUT2D eigenvalue weighted by molar-refractivity contribution is -0.129. The maximum absolute atomic E-state index is 13.3. The van der Waals surface area contributed by atoms with Crippen LogP contribution in [0.4, 0.5) is 10.1 Å². The normalized spacial score (nSPS) is 20.1. The first-order valence-electron chi connectivity index (χ1n) is 8.85. The number of carbonyl (C=O) groups is 1. The zero-order valence-electron chi connectivity index (χ0n) is 16.6. The number of aromatic nitrogens is 1. The van der Waals surface area contributed by atoms with E-state index in [1.54, 1.807) is 44.6 Å². The van der Waals surface area contributed by atoms with E-state index in [2.05, 4.69) is 9.98 Å². The molecule has 2 aromatic rings. The molecule has 2 N–H and O–H groups in total. The second kappa shape index (κ2) is 7.10. The van der Waals surface area contributed by atoms with E-state index in [-0.39, 0.29) is 11.9 Å². The molecule has 2 unspecified atom stereocenters. The van der Waals surface area contributed by atoms with Gasteiger partial charge in [-0.3, -0.25) is 14.7 Å². The Labute approximate surface area is 163 Å². The van der Waals surface area contributed by atoms with Crippen LogP contribution in [0.1, 0.15) is 23.6 Å². The van der Waals surface area contributed by atoms with E-state index in [9.17, 15) is 9.18 Å². The van der Waals surface area contributed by atoms with Crippen molar-refractivity contribution in [2.24, 2.45) is 10.7 Å². The summed E-state index contributed by atoms with van der Waals surface area (Å²) in [6.45, 7) is 3.10. The number of pyridine rings is 1. The Morgan fingerprint density at radius 2 is 1.96 bits per heavy atom. The highest BCUT2D eigenvalue weighted by Crippen LogP contribution is 2.41. The Bertz CT molecular complexity index is 944. The highest BCUT2D eigenvalue weighted by molar-refractivity contribution is 6.09. The number of hydrogen-bond acceptors (Lipinski definition) is 6. The molecule has 1 amide bonds. The maximum atomic E-state index is 13.3. The molecule has 0 saturated carbocycles. The minimum absolute atomic E-state index is 0.121. The number of alkyl halides is 1. The van der Waals surface area contributed by atoms with E-state index in [0.29, 0.717) is 22.4 Å². The Kier molecular flexibility index (Phi) is 4.97. The molecule has 1 aliphatic rings. The number of benzene rings is 1. The second-order valence-electron chi connectivity index (χ2n) is 7.01. The van der Waals surface area contributed by atoms with Gasteiger partial charge in [0.1, 0.15) is 5.75 Å². The third kappa shape index (κ3) is 3.15. The quantitative estimate of drug-likeness (QED) is 0.853. The lowest BCUT2D eigenvalue weighted by Gasteiger charge is -2.27. The number of anilines is 1. The van der Waals surface area contributed by atoms with Gasteiger partial charge in [-0.2, -0.15) is 0 Å². The summed E-state index contributed by atoms with van der Waals surface area (Å²) in [6, 6.07) is 6.99. The van der Waals surface area contributed by atoms with Crippen molar-refractivity contribution in [3.8, 4) is 5.75 Å². The van der Waals surface area contributed by atoms with Gasteiger partial charge in [-0.15, -0.1) is 0 Å². The Morgan fingerprint density at radius 3 is 2.50 bits per heavy atom. The number of nitrogens with two attached hydrogens (primary N) is 1. The van der Waals surface area contributed by atoms with E-state index < -0.39 is 11.9 Å². The molecule has 3 rings (SSSR count). The maximum Gasteiger partial charge on any atom is 0.266 e. The number of guanidine groups is 1. The van der Waals surface area contributed by atoms with E-state index in [0.717, 1.165) is 5.69 Å². The van der Waals surface area contributed by atoms with Gasteiger partial charge in [-0.05, 0) is 36.2 Å². The van der Waals surface area contributed by atoms with Gasteiger partial charge in [-0.1, -0.05) is 6.07 Å². The van der Waals surface area contributed by atoms with Crippen molar-refractivity contribution >= 4 is 17.6 Å². The van der Waals surface area contributed by atoms with Crippen molar-refractivity contribution in [3.05, 3.63) is 53.3 Å². The standard InChI is InChI=1S/C20H24FN5O2/c1-12-8-14(6-7-17(12)28-13(2)21)20(18(27)26(5)19(22)24-20)15-9-16(25(3)4)11-23-10-15/h6-11,13H,1-5H3,(H2,22,24). The lowest BCUT2D eigenvalue weighted by atomic mass is 9.82. The molecule has 0 spiro atoms. The number of rotatable bonds is 5. The van der Waals surface area contributed by atoms with Crippen LogP contribution in [0.15, 0.2) is 41.7 Å². The summed E-state index contributed by atoms with van der Waals surface area (Å²) in [5.74, 6) is 0.245. The molecule has 0 fully saturated rings. The Hall–Kier alpha value is -3.16. The molecule has 0 saturated heterocycles. The zero-order valence-corrected chi connectivity index (χ0v) is 16.6. The molecule has 2 atom stereocenters. The molecule has 148 valence electrons. The highest BCUT2D eigenvalue weighted by Gasteiger charge is 2.50. The highest BCUT2D eigenvalue weighted by atomic mass is 19.1. The van der Waals surface area contributed by atoms with Crippen molar-refractivity contribution in [2.45, 2.75) is 25.7 Å². The van der Waals surface area contributed by atoms with Crippen LogP contribution in [0.3, 0.4) is 0 Å². The molecule has 7 nitrogen and oxygen atoms in total. The zero-order chi connectivity index (χ0) is 20.6. The predicted octanol–water partition coefficient (Wildman–Crippen LogP) is 2.18. The Balaban J connectivity index is 2.21. The van der Waals surface area contributed by atoms with Crippen LogP contribution < -0.4 is 15.4 Å². The van der Waals surface area contributed by atoms with Gasteiger partial charge in [0.05, 0.1) is 11.9 Å². The first-order chi connectivity index (χ1) is 13.2. The van der Waals surface area contributed by atoms with Crippen LogP contribution in [0.5, 0.6) is 5.75 Å². The monoisotopic (exact) mass is 385 g/mol. The average molecular weight is 385 g/mol. The van der Waals surface area contributed by atoms with Crippen molar-refractivity contribution in [1.29, 1.82) is 0 Å². The van der Waals surface area contributed by atoms with Crippen LogP contribution in [-0.4, -0.2) is 49.3 Å². The largest absolute Gasteiger partial charge is 0.460 e. The van der Waals surface area contributed by atoms with Crippen molar-refractivity contribution in [1.82, 2.24) is 9.88 Å². The molecule has 28 heavy (non-hydrogen) atoms. The summed E-state index contributed by atoms with van der Waals surface area (Å²) in [6.07, 6.45) is 1.88. The molecule has 1 aromatic carbocycles. The van der Waals surface area contributed by atoms with Gasteiger partial charge in [0.15, 0.2) is 11.5 Å². The summed E-state index contributed by atoms with van der Waals surface area (Å²) in [4.78, 5) is 25.4. The van der Waals surface area contributed by atoms with Crippen LogP contribution in [0, 0.1) is 6.92 Å². The molecular weight excluding hydrogens is 361 g/mol. The van der Waals surface area contributed by atoms with E-state index in [1.165, 1.54) is 11.8 Å². The van der Waals surface area contributed by atoms with Gasteiger partial charge < -0.3 is 15.4 Å². The minimum atomic E-state index is -1.44. The van der Waals surface area contributed by atoms with Gasteiger partial charge >= 0.3 is 0 Å². The fourth-order valence-corrected chi connectivity index (χ4v) is 3.24. The predicted molar refractivity (Wildman–Crippen MR) is 106 cm³/mol. The number of aliphatic imine (C=N–C) groups is 1. The lowest BCUT2D eigenvalue weighted by Crippen LogP contribution is -2.41. The summed E-state index contributed by atoms with van der Waals surface area (Å²) in [5.41, 5.74) is 7.37. The van der Waals surface area contributed by atoms with Gasteiger partial charge in [-0.25, -0.2) is 9.38 Å². The van der Waals surface area contributed by atoms with Crippen LogP contribution >= 0.6 is 0 Å². The topological polar surface area (TPSA) is 84.1 Å². The molecule has 8 heteroatoms. The van der Waals surface area contributed by atoms with Crippen molar-refractivity contribution in [3.63, 3.8) is 0 Å². The number of aryl methyl sites for hydroxylation is 1. The number of amides is 1. The number of hydrogen-bond donors (Lipinski definition) is 1. The number of halogens is 1.